The average molecular weight is 273 g/mol. The van der Waals surface area contributed by atoms with Crippen molar-refractivity contribution in [2.75, 3.05) is 13.7 Å². The lowest BCUT2D eigenvalue weighted by atomic mass is 10.1. The van der Waals surface area contributed by atoms with Crippen molar-refractivity contribution in [1.29, 1.82) is 0 Å². The summed E-state index contributed by atoms with van der Waals surface area (Å²) < 4.78 is 10.6. The number of carboxylic acids is 1. The molecule has 2 rings (SSSR count). The molecule has 0 aliphatic carbocycles. The van der Waals surface area contributed by atoms with Gasteiger partial charge in [-0.2, -0.15) is 0 Å². The lowest BCUT2D eigenvalue weighted by Crippen LogP contribution is -2.00. The van der Waals surface area contributed by atoms with Crippen molar-refractivity contribution < 1.29 is 19.4 Å². The second kappa shape index (κ2) is 6.68. The van der Waals surface area contributed by atoms with E-state index in [0.29, 0.717) is 12.4 Å². The van der Waals surface area contributed by atoms with Gasteiger partial charge in [-0.3, -0.25) is 4.98 Å². The first kappa shape index (κ1) is 14.0. The van der Waals surface area contributed by atoms with Gasteiger partial charge in [0.1, 0.15) is 17.1 Å². The fraction of sp³-hybridized carbons (Fsp3) is 0.200. The molecule has 2 aromatic rings. The predicted octanol–water partition coefficient (Wildman–Crippen LogP) is 2.76. The third-order valence-electron chi connectivity index (χ3n) is 2.76. The third kappa shape index (κ3) is 3.55. The van der Waals surface area contributed by atoms with E-state index in [9.17, 15) is 4.79 Å². The Hall–Kier alpha value is -2.40. The quantitative estimate of drug-likeness (QED) is 0.876. The topological polar surface area (TPSA) is 68.7 Å². The Balaban J connectivity index is 2.12. The van der Waals surface area contributed by atoms with Gasteiger partial charge in [0.2, 0.25) is 0 Å². The summed E-state index contributed by atoms with van der Waals surface area (Å²) >= 11 is 0. The van der Waals surface area contributed by atoms with Crippen LogP contribution in [-0.2, 0) is 11.2 Å². The molecular weight excluding hydrogens is 258 g/mol. The molecule has 5 nitrogen and oxygen atoms in total. The smallest absolute Gasteiger partial charge is 0.341 e. The molecule has 0 atom stereocenters. The predicted molar refractivity (Wildman–Crippen MR) is 73.3 cm³/mol. The molecule has 0 unspecified atom stereocenters. The van der Waals surface area contributed by atoms with Crippen LogP contribution < -0.4 is 4.74 Å². The van der Waals surface area contributed by atoms with Crippen LogP contribution in [0.4, 0.5) is 0 Å². The van der Waals surface area contributed by atoms with E-state index in [2.05, 4.69) is 4.98 Å². The van der Waals surface area contributed by atoms with E-state index in [-0.39, 0.29) is 11.3 Å². The molecule has 0 saturated carbocycles. The maximum Gasteiger partial charge on any atom is 0.341 e. The molecule has 1 heterocycles. The minimum Gasteiger partial charge on any atom is -0.477 e. The summed E-state index contributed by atoms with van der Waals surface area (Å²) in [7, 11) is 1.66. The van der Waals surface area contributed by atoms with Gasteiger partial charge in [-0.05, 0) is 24.1 Å². The molecule has 0 amide bonds. The first-order chi connectivity index (χ1) is 9.70. The van der Waals surface area contributed by atoms with Gasteiger partial charge in [-0.1, -0.05) is 12.1 Å². The maximum absolute atomic E-state index is 11.1. The number of hydrogen-bond acceptors (Lipinski definition) is 4. The number of pyridine rings is 1. The van der Waals surface area contributed by atoms with Crippen molar-refractivity contribution in [3.8, 4) is 11.5 Å². The molecule has 0 aliphatic heterocycles. The zero-order valence-electron chi connectivity index (χ0n) is 11.1. The van der Waals surface area contributed by atoms with Gasteiger partial charge in [-0.25, -0.2) is 4.79 Å². The Kier molecular flexibility index (Phi) is 4.68. The molecule has 0 saturated heterocycles. The lowest BCUT2D eigenvalue weighted by molar-refractivity contribution is 0.0693. The summed E-state index contributed by atoms with van der Waals surface area (Å²) in [5, 5.41) is 9.05. The summed E-state index contributed by atoms with van der Waals surface area (Å²) in [5.41, 5.74) is 1.17. The van der Waals surface area contributed by atoms with Gasteiger partial charge in [-0.15, -0.1) is 0 Å². The van der Waals surface area contributed by atoms with E-state index < -0.39 is 5.97 Å². The van der Waals surface area contributed by atoms with Gasteiger partial charge in [0.05, 0.1) is 6.61 Å². The number of aromatic carboxylic acids is 1. The van der Waals surface area contributed by atoms with Crippen molar-refractivity contribution in [2.45, 2.75) is 6.42 Å². The van der Waals surface area contributed by atoms with Crippen LogP contribution in [0.3, 0.4) is 0 Å². The van der Waals surface area contributed by atoms with Gasteiger partial charge < -0.3 is 14.6 Å². The molecule has 0 fully saturated rings. The molecule has 1 aromatic heterocycles. The molecule has 0 radical (unpaired) electrons. The Morgan fingerprint density at radius 2 is 2.00 bits per heavy atom. The second-order valence-corrected chi connectivity index (χ2v) is 4.17. The van der Waals surface area contributed by atoms with Crippen LogP contribution in [0.15, 0.2) is 42.7 Å². The minimum atomic E-state index is -1.06. The molecular formula is C15H15NO4. The highest BCUT2D eigenvalue weighted by Crippen LogP contribution is 2.24. The zero-order chi connectivity index (χ0) is 14.4. The fourth-order valence-corrected chi connectivity index (χ4v) is 1.70. The van der Waals surface area contributed by atoms with Gasteiger partial charge in [0.25, 0.3) is 0 Å². The SMILES string of the molecule is COCCc1ccc(Oc2ccncc2C(=O)O)cc1. The number of carboxylic acid groups (broad SMARTS) is 1. The monoisotopic (exact) mass is 273 g/mol. The molecule has 20 heavy (non-hydrogen) atoms. The van der Waals surface area contributed by atoms with Crippen LogP contribution in [0.2, 0.25) is 0 Å². The fourth-order valence-electron chi connectivity index (χ4n) is 1.70. The molecule has 0 spiro atoms. The van der Waals surface area contributed by atoms with Crippen LogP contribution in [0, 0.1) is 0 Å². The van der Waals surface area contributed by atoms with Crippen LogP contribution in [0.5, 0.6) is 11.5 Å². The Labute approximate surface area is 116 Å². The largest absolute Gasteiger partial charge is 0.477 e. The molecule has 0 aliphatic rings. The standard InChI is InChI=1S/C15H15NO4/c1-19-9-7-11-2-4-12(5-3-11)20-14-6-8-16-10-13(14)15(17)18/h2-6,8,10H,7,9H2,1H3,(H,17,18). The first-order valence-electron chi connectivity index (χ1n) is 6.13. The van der Waals surface area contributed by atoms with Crippen molar-refractivity contribution in [1.82, 2.24) is 4.98 Å². The number of benzene rings is 1. The van der Waals surface area contributed by atoms with Crippen LogP contribution in [0.25, 0.3) is 0 Å². The number of nitrogens with zero attached hydrogens (tertiary/aromatic N) is 1. The zero-order valence-corrected chi connectivity index (χ0v) is 11.1. The molecule has 104 valence electrons. The highest BCUT2D eigenvalue weighted by atomic mass is 16.5. The van der Waals surface area contributed by atoms with Gasteiger partial charge in [0, 0.05) is 25.6 Å². The minimum absolute atomic E-state index is 0.0379. The summed E-state index contributed by atoms with van der Waals surface area (Å²) in [5.74, 6) is -0.207. The van der Waals surface area contributed by atoms with Crippen molar-refractivity contribution in [3.05, 3.63) is 53.9 Å². The van der Waals surface area contributed by atoms with Crippen LogP contribution in [-0.4, -0.2) is 29.8 Å². The highest BCUT2D eigenvalue weighted by Gasteiger charge is 2.11. The Morgan fingerprint density at radius 3 is 2.65 bits per heavy atom. The van der Waals surface area contributed by atoms with Crippen LogP contribution in [0.1, 0.15) is 15.9 Å². The molecule has 1 N–H and O–H groups in total. The molecule has 1 aromatic carbocycles. The van der Waals surface area contributed by atoms with E-state index >= 15 is 0 Å². The Bertz CT molecular complexity index is 581. The number of aromatic nitrogens is 1. The Morgan fingerprint density at radius 1 is 1.25 bits per heavy atom. The number of rotatable bonds is 6. The number of hydrogen-bond donors (Lipinski definition) is 1. The van der Waals surface area contributed by atoms with Crippen molar-refractivity contribution >= 4 is 5.97 Å². The van der Waals surface area contributed by atoms with E-state index in [0.717, 1.165) is 12.0 Å². The summed E-state index contributed by atoms with van der Waals surface area (Å²) in [6.07, 6.45) is 3.59. The molecule has 5 heteroatoms. The summed E-state index contributed by atoms with van der Waals surface area (Å²) in [4.78, 5) is 14.8. The van der Waals surface area contributed by atoms with Gasteiger partial charge in [0.15, 0.2) is 0 Å². The van der Waals surface area contributed by atoms with Crippen molar-refractivity contribution in [3.63, 3.8) is 0 Å². The number of methoxy groups -OCH3 is 1. The maximum atomic E-state index is 11.1. The van der Waals surface area contributed by atoms with Crippen molar-refractivity contribution in [2.24, 2.45) is 0 Å². The van der Waals surface area contributed by atoms with Gasteiger partial charge >= 0.3 is 5.97 Å². The summed E-state index contributed by atoms with van der Waals surface area (Å²) in [6, 6.07) is 8.99. The van der Waals surface area contributed by atoms with E-state index in [4.69, 9.17) is 14.6 Å². The molecule has 0 bridgehead atoms. The normalized spacial score (nSPS) is 10.2. The average Bonchev–Trinajstić information content (AvgIpc) is 2.47. The second-order valence-electron chi connectivity index (χ2n) is 4.17. The summed E-state index contributed by atoms with van der Waals surface area (Å²) in [6.45, 7) is 0.660. The number of carbonyl (C=O) groups is 1. The van der Waals surface area contributed by atoms with Crippen LogP contribution >= 0.6 is 0 Å². The van der Waals surface area contributed by atoms with E-state index in [1.165, 1.54) is 18.5 Å². The highest BCUT2D eigenvalue weighted by molar-refractivity contribution is 5.90. The lowest BCUT2D eigenvalue weighted by Gasteiger charge is -2.08. The first-order valence-corrected chi connectivity index (χ1v) is 6.13. The van der Waals surface area contributed by atoms with E-state index in [1.807, 2.05) is 12.1 Å². The van der Waals surface area contributed by atoms with E-state index in [1.54, 1.807) is 19.2 Å². The number of ether oxygens (including phenoxy) is 2. The third-order valence-corrected chi connectivity index (χ3v) is 2.76.